The topological polar surface area (TPSA) is 327 Å². The molecule has 47 heavy (non-hydrogen) atoms. The van der Waals surface area contributed by atoms with Gasteiger partial charge in [0.1, 0.15) is 18.2 Å². The summed E-state index contributed by atoms with van der Waals surface area (Å²) in [6.45, 7) is 1.36. The molecule has 0 bridgehead atoms. The second-order valence-corrected chi connectivity index (χ2v) is 11.8. The van der Waals surface area contributed by atoms with Crippen LogP contribution < -0.4 is 49.1 Å². The molecule has 2 saturated heterocycles. The Bertz CT molecular complexity index is 1150. The number of fused-ring (bicyclic) bond motifs is 1. The van der Waals surface area contributed by atoms with Crippen LogP contribution >= 0.6 is 0 Å². The predicted molar refractivity (Wildman–Crippen MR) is 164 cm³/mol. The van der Waals surface area contributed by atoms with E-state index in [0.29, 0.717) is 32.2 Å². The molecule has 0 aromatic heterocycles. The van der Waals surface area contributed by atoms with Crippen LogP contribution in [0.25, 0.3) is 0 Å². The van der Waals surface area contributed by atoms with E-state index in [1.54, 1.807) is 0 Å². The molecule has 0 radical (unpaired) electrons. The van der Waals surface area contributed by atoms with Crippen LogP contribution in [0.5, 0.6) is 0 Å². The van der Waals surface area contributed by atoms with Gasteiger partial charge in [-0.15, -0.1) is 0 Å². The summed E-state index contributed by atoms with van der Waals surface area (Å²) in [6, 6.07) is -4.00. The minimum atomic E-state index is -1.65. The van der Waals surface area contributed by atoms with Crippen molar-refractivity contribution in [2.45, 2.75) is 106 Å². The maximum absolute atomic E-state index is 13.3. The van der Waals surface area contributed by atoms with Gasteiger partial charge in [0.2, 0.25) is 23.6 Å². The predicted octanol–water partition coefficient (Wildman–Crippen LogP) is -5.96. The summed E-state index contributed by atoms with van der Waals surface area (Å²) < 4.78 is 10.8. The van der Waals surface area contributed by atoms with Gasteiger partial charge in [0, 0.05) is 44.9 Å². The summed E-state index contributed by atoms with van der Waals surface area (Å²) in [5.74, 6) is -1.66. The maximum atomic E-state index is 13.3. The van der Waals surface area contributed by atoms with Gasteiger partial charge >= 0.3 is 6.09 Å². The number of hydrogen-bond donors (Lipinski definition) is 12. The molecule has 5 amide bonds. The first-order valence-electron chi connectivity index (χ1n) is 15.6. The third kappa shape index (κ3) is 11.1. The number of piperidine rings is 1. The van der Waals surface area contributed by atoms with E-state index in [1.807, 2.05) is 0 Å². The molecule has 0 spiro atoms. The van der Waals surface area contributed by atoms with Crippen LogP contribution in [0.4, 0.5) is 4.79 Å². The molecule has 0 saturated carbocycles. The molecule has 20 heteroatoms. The molecule has 3 heterocycles. The third-order valence-corrected chi connectivity index (χ3v) is 7.96. The number of aliphatic hydroxyl groups excluding tert-OH is 3. The number of carbonyl (C=O) groups excluding carboxylic acids is 5. The Morgan fingerprint density at radius 3 is 2.53 bits per heavy atom. The molecule has 20 nitrogen and oxygen atoms in total. The standard InChI is InChI=1S/C27H48N10O10/c1-12(39)33-14(5-3-7-31-17(41)8-13(29)4-2-6-28)9-18(42)34-21-22(43)23(47-26(30)45)16(11-38)46-25(21)37-27-35-19-15(40)10-32-24(44)20(19)36-27/h13-16,19-23,25,38,40,43H,2-11,28-29H2,1H3,(H2,30,45)(H,31,41)(H,32,44)(H,33,39)(H,34,42)(H2,35,36,37)/t13-,14-,15-,16+,19-,20+,21+,22+,23-,25+/m1/s1. The van der Waals surface area contributed by atoms with Crippen LogP contribution in [0, 0.1) is 0 Å². The number of nitrogens with two attached hydrogens (primary N) is 3. The molecule has 3 rings (SSSR count). The van der Waals surface area contributed by atoms with Crippen molar-refractivity contribution in [3.8, 4) is 0 Å². The smallest absolute Gasteiger partial charge is 0.404 e. The largest absolute Gasteiger partial charge is 0.441 e. The van der Waals surface area contributed by atoms with E-state index >= 15 is 0 Å². The summed E-state index contributed by atoms with van der Waals surface area (Å²) in [5, 5.41) is 47.8. The Labute approximate surface area is 271 Å². The number of nitrogens with zero attached hydrogens (tertiary/aromatic N) is 1. The van der Waals surface area contributed by atoms with Gasteiger partial charge in [-0.25, -0.2) is 9.79 Å². The Hall–Kier alpha value is -3.82. The highest BCUT2D eigenvalue weighted by Gasteiger charge is 2.49. The van der Waals surface area contributed by atoms with Gasteiger partial charge in [0.25, 0.3) is 0 Å². The van der Waals surface area contributed by atoms with Crippen LogP contribution in [0.1, 0.15) is 45.4 Å². The van der Waals surface area contributed by atoms with Crippen LogP contribution in [0.2, 0.25) is 0 Å². The van der Waals surface area contributed by atoms with Gasteiger partial charge < -0.3 is 73.9 Å². The monoisotopic (exact) mass is 672 g/mol. The zero-order valence-corrected chi connectivity index (χ0v) is 26.2. The molecule has 266 valence electrons. The van der Waals surface area contributed by atoms with Crippen LogP contribution in [-0.2, 0) is 28.7 Å². The lowest BCUT2D eigenvalue weighted by Gasteiger charge is -2.44. The Balaban J connectivity index is 1.66. The van der Waals surface area contributed by atoms with Crippen molar-refractivity contribution in [2.75, 3.05) is 26.2 Å². The first-order valence-corrected chi connectivity index (χ1v) is 15.6. The summed E-state index contributed by atoms with van der Waals surface area (Å²) >= 11 is 0. The first kappa shape index (κ1) is 37.6. The number of nitrogens with one attached hydrogen (secondary N) is 6. The van der Waals surface area contributed by atoms with E-state index in [-0.39, 0.29) is 43.8 Å². The molecule has 2 fully saturated rings. The first-order chi connectivity index (χ1) is 22.3. The zero-order chi connectivity index (χ0) is 34.7. The summed E-state index contributed by atoms with van der Waals surface area (Å²) in [7, 11) is 0. The second kappa shape index (κ2) is 17.9. The van der Waals surface area contributed by atoms with E-state index < -0.39 is 85.2 Å². The number of ether oxygens (including phenoxy) is 2. The number of guanidine groups is 1. The van der Waals surface area contributed by atoms with Gasteiger partial charge in [-0.05, 0) is 32.2 Å². The number of aliphatic imine (C=N–C) groups is 1. The number of amides is 5. The molecule has 0 aliphatic carbocycles. The van der Waals surface area contributed by atoms with Gasteiger partial charge in [-0.1, -0.05) is 0 Å². The fourth-order valence-corrected chi connectivity index (χ4v) is 5.69. The van der Waals surface area contributed by atoms with Gasteiger partial charge in [-0.3, -0.25) is 19.2 Å². The van der Waals surface area contributed by atoms with E-state index in [9.17, 15) is 39.3 Å². The SMILES string of the molecule is CC(=O)N[C@H](CCCNC(=O)C[C@H](N)CCCN)CC(=O)N[C@H]1[C@H](O)[C@H](OC(N)=O)[C@H](CO)O[C@@H]1NC1=N[C@@H]2C(=O)NC[C@@H](O)[C@H]2N1. The van der Waals surface area contributed by atoms with E-state index in [1.165, 1.54) is 6.92 Å². The lowest BCUT2D eigenvalue weighted by Crippen LogP contribution is -2.70. The lowest BCUT2D eigenvalue weighted by atomic mass is 9.95. The fourth-order valence-electron chi connectivity index (χ4n) is 5.69. The molecule has 0 aromatic rings. The number of β-amino-alcohol motifs (C(OH)–C–C–N with tert-alkyl or cyclic N) is 1. The summed E-state index contributed by atoms with van der Waals surface area (Å²) in [4.78, 5) is 65.4. The van der Waals surface area contributed by atoms with Crippen molar-refractivity contribution in [3.63, 3.8) is 0 Å². The van der Waals surface area contributed by atoms with Crippen LogP contribution in [0.3, 0.4) is 0 Å². The maximum Gasteiger partial charge on any atom is 0.404 e. The quantitative estimate of drug-likeness (QED) is 0.0680. The van der Waals surface area contributed by atoms with E-state index in [4.69, 9.17) is 26.7 Å². The Morgan fingerprint density at radius 1 is 1.15 bits per heavy atom. The highest BCUT2D eigenvalue weighted by atomic mass is 16.6. The zero-order valence-electron chi connectivity index (χ0n) is 26.2. The molecule has 15 N–H and O–H groups in total. The molecular formula is C27H48N10O10. The van der Waals surface area contributed by atoms with Crippen LogP contribution in [-0.4, -0.2) is 138 Å². The van der Waals surface area contributed by atoms with Crippen LogP contribution in [0.15, 0.2) is 4.99 Å². The minimum Gasteiger partial charge on any atom is -0.441 e. The summed E-state index contributed by atoms with van der Waals surface area (Å²) in [5.41, 5.74) is 16.6. The highest BCUT2D eigenvalue weighted by Crippen LogP contribution is 2.24. The lowest BCUT2D eigenvalue weighted by molar-refractivity contribution is -0.198. The van der Waals surface area contributed by atoms with Crippen molar-refractivity contribution in [3.05, 3.63) is 0 Å². The Kier molecular flexibility index (Phi) is 14.3. The molecule has 3 aliphatic heterocycles. The number of hydrogen-bond acceptors (Lipinski definition) is 15. The number of primary amides is 1. The molecular weight excluding hydrogens is 624 g/mol. The molecule has 3 aliphatic rings. The highest BCUT2D eigenvalue weighted by molar-refractivity contribution is 5.92. The molecule has 0 aromatic carbocycles. The summed E-state index contributed by atoms with van der Waals surface area (Å²) in [6.07, 6.45) is -5.94. The normalized spacial score (nSPS) is 29.6. The van der Waals surface area contributed by atoms with Crippen molar-refractivity contribution < 1.29 is 48.8 Å². The number of carbonyl (C=O) groups is 5. The fraction of sp³-hybridized carbons (Fsp3) is 0.778. The van der Waals surface area contributed by atoms with E-state index in [2.05, 4.69) is 36.9 Å². The van der Waals surface area contributed by atoms with Crippen molar-refractivity contribution >= 4 is 35.7 Å². The Morgan fingerprint density at radius 2 is 1.89 bits per heavy atom. The van der Waals surface area contributed by atoms with Gasteiger partial charge in [-0.2, -0.15) is 0 Å². The molecule has 10 atom stereocenters. The van der Waals surface area contributed by atoms with Gasteiger partial charge in [0.05, 0.1) is 18.8 Å². The average Bonchev–Trinajstić information content (AvgIpc) is 3.44. The number of rotatable bonds is 16. The van der Waals surface area contributed by atoms with Gasteiger partial charge in [0.15, 0.2) is 24.3 Å². The molecule has 0 unspecified atom stereocenters. The number of aliphatic hydroxyl groups is 3. The second-order valence-electron chi connectivity index (χ2n) is 11.8. The van der Waals surface area contributed by atoms with Crippen molar-refractivity contribution in [1.29, 1.82) is 0 Å². The third-order valence-electron chi connectivity index (χ3n) is 7.96. The van der Waals surface area contributed by atoms with Crippen molar-refractivity contribution in [1.82, 2.24) is 31.9 Å². The average molecular weight is 673 g/mol. The minimum absolute atomic E-state index is 0.0110. The van der Waals surface area contributed by atoms with Crippen molar-refractivity contribution in [2.24, 2.45) is 22.2 Å². The van der Waals surface area contributed by atoms with E-state index in [0.717, 1.165) is 0 Å².